The summed E-state index contributed by atoms with van der Waals surface area (Å²) in [6.45, 7) is 2.65. The number of ether oxygens (including phenoxy) is 1. The number of benzene rings is 2. The number of carbonyl (C=O) groups is 1. The Morgan fingerprint density at radius 1 is 1.00 bits per heavy atom. The highest BCUT2D eigenvalue weighted by Crippen LogP contribution is 2.35. The Bertz CT molecular complexity index is 1160. The van der Waals surface area contributed by atoms with E-state index in [0.29, 0.717) is 58.4 Å². The predicted molar refractivity (Wildman–Crippen MR) is 132 cm³/mol. The first-order valence-electron chi connectivity index (χ1n) is 9.71. The van der Waals surface area contributed by atoms with E-state index in [0.717, 1.165) is 5.69 Å². The van der Waals surface area contributed by atoms with Gasteiger partial charge in [0.05, 0.1) is 34.6 Å². The minimum Gasteiger partial charge on any atom is -0.451 e. The van der Waals surface area contributed by atoms with Gasteiger partial charge in [-0.1, -0.05) is 40.9 Å². The van der Waals surface area contributed by atoms with E-state index in [1.807, 2.05) is 18.2 Å². The second kappa shape index (κ2) is 10.1. The molecule has 0 aliphatic carbocycles. The Morgan fingerprint density at radius 3 is 2.53 bits per heavy atom. The molecule has 1 aromatic heterocycles. The first kappa shape index (κ1) is 22.9. The summed E-state index contributed by atoms with van der Waals surface area (Å²) >= 11 is 23.9. The monoisotopic (exact) mass is 509 g/mol. The van der Waals surface area contributed by atoms with Gasteiger partial charge in [0.2, 0.25) is 0 Å². The molecule has 0 saturated carbocycles. The zero-order valence-corrected chi connectivity index (χ0v) is 19.7. The van der Waals surface area contributed by atoms with E-state index in [1.54, 1.807) is 30.3 Å². The van der Waals surface area contributed by atoms with Crippen molar-refractivity contribution in [1.29, 1.82) is 0 Å². The molecule has 0 spiro atoms. The number of para-hydroxylation sites is 1. The summed E-state index contributed by atoms with van der Waals surface area (Å²) in [5.74, 6) is 0.0450. The zero-order valence-electron chi connectivity index (χ0n) is 16.7. The molecule has 166 valence electrons. The van der Waals surface area contributed by atoms with Crippen LogP contribution in [0.15, 0.2) is 52.9 Å². The number of nitrogens with zero attached hydrogens (tertiary/aromatic N) is 1. The molecule has 0 unspecified atom stereocenters. The number of halogens is 3. The number of thiocarbonyl (C=S) groups is 1. The van der Waals surface area contributed by atoms with E-state index < -0.39 is 5.91 Å². The molecule has 1 aliphatic rings. The van der Waals surface area contributed by atoms with Crippen LogP contribution >= 0.6 is 47.0 Å². The van der Waals surface area contributed by atoms with Crippen molar-refractivity contribution in [1.82, 2.24) is 5.32 Å². The number of morpholine rings is 1. The van der Waals surface area contributed by atoms with Crippen LogP contribution in [0.2, 0.25) is 15.1 Å². The van der Waals surface area contributed by atoms with Crippen LogP contribution in [0.4, 0.5) is 11.4 Å². The van der Waals surface area contributed by atoms with Gasteiger partial charge in [0, 0.05) is 23.7 Å². The Labute approximate surface area is 205 Å². The van der Waals surface area contributed by atoms with E-state index in [1.165, 1.54) is 0 Å². The fourth-order valence-corrected chi connectivity index (χ4v) is 4.34. The fourth-order valence-electron chi connectivity index (χ4n) is 3.34. The number of furan rings is 1. The van der Waals surface area contributed by atoms with Gasteiger partial charge in [0.1, 0.15) is 5.76 Å². The second-order valence-electron chi connectivity index (χ2n) is 6.93. The van der Waals surface area contributed by atoms with Gasteiger partial charge in [-0.3, -0.25) is 10.1 Å². The van der Waals surface area contributed by atoms with Crippen LogP contribution < -0.4 is 15.5 Å². The van der Waals surface area contributed by atoms with Gasteiger partial charge >= 0.3 is 0 Å². The van der Waals surface area contributed by atoms with E-state index >= 15 is 0 Å². The van der Waals surface area contributed by atoms with Crippen molar-refractivity contribution in [2.75, 3.05) is 36.5 Å². The number of rotatable bonds is 4. The Kier molecular flexibility index (Phi) is 7.23. The minimum absolute atomic E-state index is 0.0923. The zero-order chi connectivity index (χ0) is 22.7. The van der Waals surface area contributed by atoms with E-state index in [2.05, 4.69) is 15.5 Å². The third-order valence-corrected chi connectivity index (χ3v) is 5.87. The van der Waals surface area contributed by atoms with Crippen LogP contribution in [0.3, 0.4) is 0 Å². The van der Waals surface area contributed by atoms with Crippen LogP contribution in [-0.2, 0) is 4.74 Å². The summed E-state index contributed by atoms with van der Waals surface area (Å²) in [5.41, 5.74) is 2.13. The molecule has 2 heterocycles. The summed E-state index contributed by atoms with van der Waals surface area (Å²) in [6.07, 6.45) is 0. The minimum atomic E-state index is -0.492. The average molecular weight is 511 g/mol. The molecule has 1 fully saturated rings. The first-order valence-corrected chi connectivity index (χ1v) is 11.3. The third kappa shape index (κ3) is 5.19. The van der Waals surface area contributed by atoms with Crippen molar-refractivity contribution in [3.05, 3.63) is 69.4 Å². The summed E-state index contributed by atoms with van der Waals surface area (Å²) in [4.78, 5) is 14.8. The van der Waals surface area contributed by atoms with Crippen molar-refractivity contribution in [3.63, 3.8) is 0 Å². The summed E-state index contributed by atoms with van der Waals surface area (Å²) in [7, 11) is 0. The summed E-state index contributed by atoms with van der Waals surface area (Å²) < 4.78 is 11.1. The quantitative estimate of drug-likeness (QED) is 0.428. The molecule has 3 aromatic rings. The van der Waals surface area contributed by atoms with E-state index in [-0.39, 0.29) is 10.9 Å². The molecular formula is C22H18Cl3N3O3S. The van der Waals surface area contributed by atoms with Gasteiger partial charge in [-0.05, 0) is 54.7 Å². The van der Waals surface area contributed by atoms with Crippen molar-refractivity contribution in [3.8, 4) is 11.3 Å². The fraction of sp³-hybridized carbons (Fsp3) is 0.182. The smallest absolute Gasteiger partial charge is 0.293 e. The molecule has 2 aromatic carbocycles. The molecule has 4 rings (SSSR count). The van der Waals surface area contributed by atoms with E-state index in [4.69, 9.17) is 56.2 Å². The lowest BCUT2D eigenvalue weighted by Crippen LogP contribution is -2.38. The number of nitrogens with one attached hydrogen (secondary N) is 2. The number of hydrogen-bond acceptors (Lipinski definition) is 5. The molecule has 10 heteroatoms. The van der Waals surface area contributed by atoms with Gasteiger partial charge in [0.25, 0.3) is 5.91 Å². The normalized spacial score (nSPS) is 13.7. The highest BCUT2D eigenvalue weighted by Gasteiger charge is 2.20. The Hall–Kier alpha value is -2.29. The maximum Gasteiger partial charge on any atom is 0.293 e. The lowest BCUT2D eigenvalue weighted by molar-refractivity contribution is 0.0951. The van der Waals surface area contributed by atoms with Crippen LogP contribution in [0.25, 0.3) is 11.3 Å². The van der Waals surface area contributed by atoms with Crippen LogP contribution in [0, 0.1) is 0 Å². The number of carbonyl (C=O) groups excluding carboxylic acids is 1. The van der Waals surface area contributed by atoms with Crippen molar-refractivity contribution in [2.24, 2.45) is 0 Å². The second-order valence-corrected chi connectivity index (χ2v) is 8.59. The largest absolute Gasteiger partial charge is 0.451 e. The van der Waals surface area contributed by atoms with Gasteiger partial charge in [-0.2, -0.15) is 0 Å². The number of amides is 1. The van der Waals surface area contributed by atoms with Crippen LogP contribution in [-0.4, -0.2) is 37.3 Å². The maximum atomic E-state index is 12.6. The topological polar surface area (TPSA) is 66.7 Å². The first-order chi connectivity index (χ1) is 15.4. The van der Waals surface area contributed by atoms with E-state index in [9.17, 15) is 4.79 Å². The molecule has 2 N–H and O–H groups in total. The molecule has 32 heavy (non-hydrogen) atoms. The SMILES string of the molecule is O=C(NC(=S)Nc1cccc(Cl)c1N1CCOCC1)c1ccc(-c2ccc(Cl)cc2Cl)o1. The highest BCUT2D eigenvalue weighted by atomic mass is 35.5. The average Bonchev–Trinajstić information content (AvgIpc) is 3.24. The van der Waals surface area contributed by atoms with Crippen LogP contribution in [0.5, 0.6) is 0 Å². The standard InChI is InChI=1S/C22H18Cl3N3O3S/c23-13-4-5-14(16(25)12-13)18-6-7-19(31-18)21(29)27-22(32)26-17-3-1-2-15(24)20(17)28-8-10-30-11-9-28/h1-7,12H,8-11H2,(H2,26,27,29,32). The molecule has 0 bridgehead atoms. The third-order valence-electron chi connectivity index (χ3n) is 4.82. The molecule has 1 amide bonds. The van der Waals surface area contributed by atoms with Gasteiger partial charge in [-0.25, -0.2) is 0 Å². The molecule has 0 atom stereocenters. The molecule has 0 radical (unpaired) electrons. The Balaban J connectivity index is 1.46. The van der Waals surface area contributed by atoms with Gasteiger partial charge in [0.15, 0.2) is 10.9 Å². The molecule has 1 saturated heterocycles. The van der Waals surface area contributed by atoms with Gasteiger partial charge in [-0.15, -0.1) is 0 Å². The lowest BCUT2D eigenvalue weighted by Gasteiger charge is -2.31. The Morgan fingerprint density at radius 2 is 1.78 bits per heavy atom. The summed E-state index contributed by atoms with van der Waals surface area (Å²) in [6, 6.07) is 13.7. The van der Waals surface area contributed by atoms with Crippen molar-refractivity contribution >= 4 is 69.4 Å². The maximum absolute atomic E-state index is 12.6. The van der Waals surface area contributed by atoms with Gasteiger partial charge < -0.3 is 19.4 Å². The number of hydrogen-bond donors (Lipinski definition) is 2. The number of anilines is 2. The molecular weight excluding hydrogens is 493 g/mol. The van der Waals surface area contributed by atoms with Crippen LogP contribution in [0.1, 0.15) is 10.6 Å². The summed E-state index contributed by atoms with van der Waals surface area (Å²) in [5, 5.41) is 7.33. The highest BCUT2D eigenvalue weighted by molar-refractivity contribution is 7.80. The van der Waals surface area contributed by atoms with Crippen molar-refractivity contribution in [2.45, 2.75) is 0 Å². The van der Waals surface area contributed by atoms with Crippen molar-refractivity contribution < 1.29 is 13.9 Å². The lowest BCUT2D eigenvalue weighted by atomic mass is 10.2. The predicted octanol–water partition coefficient (Wildman–Crippen LogP) is 5.87. The molecule has 1 aliphatic heterocycles. The molecule has 6 nitrogen and oxygen atoms in total.